The Labute approximate surface area is 133 Å². The highest BCUT2D eigenvalue weighted by molar-refractivity contribution is 7.80. The van der Waals surface area contributed by atoms with Gasteiger partial charge in [-0.1, -0.05) is 25.3 Å². The lowest BCUT2D eigenvalue weighted by atomic mass is 9.95. The van der Waals surface area contributed by atoms with Crippen LogP contribution in [-0.2, 0) is 0 Å². The lowest BCUT2D eigenvalue weighted by Gasteiger charge is -2.39. The van der Waals surface area contributed by atoms with E-state index in [1.54, 1.807) is 0 Å². The molecule has 1 saturated heterocycles. The van der Waals surface area contributed by atoms with Crippen molar-refractivity contribution in [1.82, 2.24) is 15.2 Å². The van der Waals surface area contributed by atoms with Gasteiger partial charge >= 0.3 is 0 Å². The van der Waals surface area contributed by atoms with E-state index in [1.807, 2.05) is 18.5 Å². The van der Waals surface area contributed by atoms with E-state index < -0.39 is 0 Å². The molecular formula is C17H25N3S. The van der Waals surface area contributed by atoms with Crippen molar-refractivity contribution in [3.63, 3.8) is 0 Å². The zero-order chi connectivity index (χ0) is 14.5. The second-order valence-corrected chi connectivity index (χ2v) is 6.66. The Hall–Kier alpha value is -1.16. The van der Waals surface area contributed by atoms with Gasteiger partial charge in [0.25, 0.3) is 0 Å². The Morgan fingerprint density at radius 2 is 1.95 bits per heavy atom. The van der Waals surface area contributed by atoms with Gasteiger partial charge in [0, 0.05) is 25.0 Å². The number of rotatable bonds is 2. The molecular weight excluding hydrogens is 278 g/mol. The first kappa shape index (κ1) is 14.8. The molecule has 0 aromatic carbocycles. The minimum absolute atomic E-state index is 0.399. The van der Waals surface area contributed by atoms with Crippen molar-refractivity contribution in [3.05, 3.63) is 30.1 Å². The molecule has 1 aromatic rings. The Morgan fingerprint density at radius 3 is 2.71 bits per heavy atom. The SMILES string of the molecule is S=C(NC1CCCCC1)N1CCCCC1c1cccnc1. The zero-order valence-corrected chi connectivity index (χ0v) is 13.4. The van der Waals surface area contributed by atoms with Gasteiger partial charge in [0.1, 0.15) is 0 Å². The molecule has 2 aliphatic rings. The van der Waals surface area contributed by atoms with E-state index in [-0.39, 0.29) is 0 Å². The Kier molecular flexibility index (Phi) is 5.07. The van der Waals surface area contributed by atoms with Gasteiger partial charge in [-0.15, -0.1) is 0 Å². The summed E-state index contributed by atoms with van der Waals surface area (Å²) < 4.78 is 0. The molecule has 1 saturated carbocycles. The monoisotopic (exact) mass is 303 g/mol. The quantitative estimate of drug-likeness (QED) is 0.841. The minimum atomic E-state index is 0.399. The number of hydrogen-bond donors (Lipinski definition) is 1. The highest BCUT2D eigenvalue weighted by atomic mass is 32.1. The molecule has 1 unspecified atom stereocenters. The fourth-order valence-electron chi connectivity index (χ4n) is 3.60. The first-order valence-electron chi connectivity index (χ1n) is 8.31. The second kappa shape index (κ2) is 7.21. The van der Waals surface area contributed by atoms with Crippen molar-refractivity contribution < 1.29 is 0 Å². The normalized spacial score (nSPS) is 23.8. The maximum Gasteiger partial charge on any atom is 0.169 e. The third-order valence-electron chi connectivity index (χ3n) is 4.77. The van der Waals surface area contributed by atoms with Gasteiger partial charge in [-0.05, 0) is 56.0 Å². The van der Waals surface area contributed by atoms with E-state index in [9.17, 15) is 0 Å². The van der Waals surface area contributed by atoms with Crippen LogP contribution < -0.4 is 5.32 Å². The molecule has 3 nitrogen and oxygen atoms in total. The van der Waals surface area contributed by atoms with Crippen LogP contribution in [0.3, 0.4) is 0 Å². The topological polar surface area (TPSA) is 28.2 Å². The molecule has 0 bridgehead atoms. The molecule has 3 rings (SSSR count). The molecule has 0 spiro atoms. The summed E-state index contributed by atoms with van der Waals surface area (Å²) in [5.74, 6) is 0. The average molecular weight is 303 g/mol. The van der Waals surface area contributed by atoms with E-state index in [2.05, 4.69) is 21.3 Å². The van der Waals surface area contributed by atoms with Gasteiger partial charge < -0.3 is 10.2 Å². The molecule has 1 N–H and O–H groups in total. The molecule has 114 valence electrons. The fraction of sp³-hybridized carbons (Fsp3) is 0.647. The van der Waals surface area contributed by atoms with Crippen LogP contribution in [-0.4, -0.2) is 27.6 Å². The summed E-state index contributed by atoms with van der Waals surface area (Å²) >= 11 is 5.73. The Morgan fingerprint density at radius 1 is 1.14 bits per heavy atom. The van der Waals surface area contributed by atoms with E-state index in [1.165, 1.54) is 56.9 Å². The van der Waals surface area contributed by atoms with Gasteiger partial charge in [0.15, 0.2) is 5.11 Å². The molecule has 1 aromatic heterocycles. The first-order valence-corrected chi connectivity index (χ1v) is 8.72. The largest absolute Gasteiger partial charge is 0.360 e. The van der Waals surface area contributed by atoms with E-state index in [4.69, 9.17) is 12.2 Å². The number of nitrogens with zero attached hydrogens (tertiary/aromatic N) is 2. The molecule has 1 atom stereocenters. The summed E-state index contributed by atoms with van der Waals surface area (Å²) in [5, 5.41) is 4.58. The summed E-state index contributed by atoms with van der Waals surface area (Å²) in [6, 6.07) is 5.19. The number of piperidine rings is 1. The predicted octanol–water partition coefficient (Wildman–Crippen LogP) is 3.82. The van der Waals surface area contributed by atoms with Crippen LogP contribution in [0.15, 0.2) is 24.5 Å². The lowest BCUT2D eigenvalue weighted by Crippen LogP contribution is -2.48. The minimum Gasteiger partial charge on any atom is -0.360 e. The zero-order valence-electron chi connectivity index (χ0n) is 12.6. The predicted molar refractivity (Wildman–Crippen MR) is 90.1 cm³/mol. The van der Waals surface area contributed by atoms with Crippen molar-refractivity contribution in [2.45, 2.75) is 63.5 Å². The Balaban J connectivity index is 1.67. The number of aromatic nitrogens is 1. The van der Waals surface area contributed by atoms with Crippen molar-refractivity contribution in [1.29, 1.82) is 0 Å². The van der Waals surface area contributed by atoms with Crippen molar-refractivity contribution >= 4 is 17.3 Å². The lowest BCUT2D eigenvalue weighted by molar-refractivity contribution is 0.237. The number of likely N-dealkylation sites (tertiary alicyclic amines) is 1. The standard InChI is InChI=1S/C17H25N3S/c21-17(19-15-8-2-1-3-9-15)20-12-5-4-10-16(20)14-7-6-11-18-13-14/h6-7,11,13,15-16H,1-5,8-10,12H2,(H,19,21). The highest BCUT2D eigenvalue weighted by Gasteiger charge is 2.27. The molecule has 2 heterocycles. The van der Waals surface area contributed by atoms with Crippen LogP contribution >= 0.6 is 12.2 Å². The molecule has 1 aliphatic carbocycles. The molecule has 0 radical (unpaired) electrons. The van der Waals surface area contributed by atoms with Crippen LogP contribution in [0.5, 0.6) is 0 Å². The number of thiocarbonyl (C=S) groups is 1. The smallest absolute Gasteiger partial charge is 0.169 e. The van der Waals surface area contributed by atoms with Gasteiger partial charge in [0.2, 0.25) is 0 Å². The van der Waals surface area contributed by atoms with Crippen molar-refractivity contribution in [3.8, 4) is 0 Å². The van der Waals surface area contributed by atoms with Crippen LogP contribution in [0.4, 0.5) is 0 Å². The Bertz CT molecular complexity index is 456. The van der Waals surface area contributed by atoms with Crippen molar-refractivity contribution in [2.24, 2.45) is 0 Å². The maximum absolute atomic E-state index is 5.73. The third-order valence-corrected chi connectivity index (χ3v) is 5.12. The second-order valence-electron chi connectivity index (χ2n) is 6.28. The first-order chi connectivity index (χ1) is 10.3. The van der Waals surface area contributed by atoms with Gasteiger partial charge in [-0.2, -0.15) is 0 Å². The molecule has 2 fully saturated rings. The fourth-order valence-corrected chi connectivity index (χ4v) is 3.98. The van der Waals surface area contributed by atoms with Crippen LogP contribution in [0, 0.1) is 0 Å². The maximum atomic E-state index is 5.73. The van der Waals surface area contributed by atoms with E-state index in [0.717, 1.165) is 11.7 Å². The van der Waals surface area contributed by atoms with E-state index >= 15 is 0 Å². The highest BCUT2D eigenvalue weighted by Crippen LogP contribution is 2.30. The summed E-state index contributed by atoms with van der Waals surface area (Å²) in [4.78, 5) is 6.67. The molecule has 4 heteroatoms. The van der Waals surface area contributed by atoms with Gasteiger partial charge in [-0.3, -0.25) is 4.98 Å². The summed E-state index contributed by atoms with van der Waals surface area (Å²) in [6.07, 6.45) is 14.1. The number of hydrogen-bond acceptors (Lipinski definition) is 2. The summed E-state index contributed by atoms with van der Waals surface area (Å²) in [6.45, 7) is 1.07. The van der Waals surface area contributed by atoms with Gasteiger partial charge in [-0.25, -0.2) is 0 Å². The molecule has 1 aliphatic heterocycles. The van der Waals surface area contributed by atoms with Crippen LogP contribution in [0.25, 0.3) is 0 Å². The summed E-state index contributed by atoms with van der Waals surface area (Å²) in [7, 11) is 0. The van der Waals surface area contributed by atoms with Crippen molar-refractivity contribution in [2.75, 3.05) is 6.54 Å². The van der Waals surface area contributed by atoms with E-state index in [0.29, 0.717) is 12.1 Å². The number of pyridine rings is 1. The third kappa shape index (κ3) is 3.73. The average Bonchev–Trinajstić information content (AvgIpc) is 2.56. The molecule has 21 heavy (non-hydrogen) atoms. The van der Waals surface area contributed by atoms with Crippen LogP contribution in [0.1, 0.15) is 63.0 Å². The summed E-state index contributed by atoms with van der Waals surface area (Å²) in [5.41, 5.74) is 1.30. The number of nitrogens with one attached hydrogen (secondary N) is 1. The van der Waals surface area contributed by atoms with Gasteiger partial charge in [0.05, 0.1) is 6.04 Å². The van der Waals surface area contributed by atoms with Crippen LogP contribution in [0.2, 0.25) is 0 Å². The molecule has 0 amide bonds.